The number of carbonyl (C=O) groups excluding carboxylic acids is 3. The smallest absolute Gasteiger partial charge is 0.332 e. The molecule has 10 nitrogen and oxygen atoms in total. The summed E-state index contributed by atoms with van der Waals surface area (Å²) < 4.78 is 25.7. The van der Waals surface area contributed by atoms with Gasteiger partial charge in [0, 0.05) is 48.2 Å². The Kier molecular flexibility index (Phi) is 19.9. The molecule has 1 aromatic rings. The third-order valence-corrected chi connectivity index (χ3v) is 4.29. The average Bonchev–Trinajstić information content (AvgIpc) is 2.83. The number of hydrogen-bond donors (Lipinski definition) is 1. The van der Waals surface area contributed by atoms with Gasteiger partial charge in [0.15, 0.2) is 0 Å². The van der Waals surface area contributed by atoms with Crippen LogP contribution < -0.4 is 5.32 Å². The summed E-state index contributed by atoms with van der Waals surface area (Å²) in [4.78, 5) is 33.1. The van der Waals surface area contributed by atoms with E-state index in [0.29, 0.717) is 52.4 Å². The van der Waals surface area contributed by atoms with Crippen LogP contribution in [-0.2, 0) is 51.2 Å². The highest BCUT2D eigenvalue weighted by Gasteiger charge is 2.09. The Morgan fingerprint density at radius 3 is 2.39 bits per heavy atom. The van der Waals surface area contributed by atoms with E-state index < -0.39 is 0 Å². The number of amides is 1. The van der Waals surface area contributed by atoms with Gasteiger partial charge in [-0.25, -0.2) is 4.79 Å². The van der Waals surface area contributed by atoms with E-state index in [4.69, 9.17) is 28.5 Å². The molecule has 0 spiro atoms. The second kappa shape index (κ2) is 21.5. The Labute approximate surface area is 197 Å². The van der Waals surface area contributed by atoms with Gasteiger partial charge in [-0.15, -0.1) is 0 Å². The Bertz CT molecular complexity index is 651. The molecule has 1 N–H and O–H groups in total. The number of rotatable bonds is 18. The maximum absolute atomic E-state index is 11.5. The molecule has 0 heterocycles. The monoisotopic (exact) mass is 472 g/mol. The lowest BCUT2D eigenvalue weighted by Gasteiger charge is -2.22. The van der Waals surface area contributed by atoms with Crippen molar-refractivity contribution >= 4 is 18.7 Å². The van der Waals surface area contributed by atoms with Gasteiger partial charge in [0.05, 0.1) is 19.8 Å². The van der Waals surface area contributed by atoms with Gasteiger partial charge in [0.1, 0.15) is 26.8 Å². The number of nitrogens with one attached hydrogen (secondary N) is 1. The Morgan fingerprint density at radius 2 is 1.70 bits per heavy atom. The standard InChI is InChI=1S/C22H36N2O7.CH2O.H2/c1-4-21(25)23-15-19-6-5-7-20(14-19)16-24(9-11-31-22(26)17-28-3)8-10-29-18-30-13-12-27-2;1-2;/h5-7,14H,4,8-13,15-18H2,1-3H3,(H,23,25);1H2;1H. The molecular formula is C23H40N2O8. The van der Waals surface area contributed by atoms with Gasteiger partial charge in [0.2, 0.25) is 5.91 Å². The fourth-order valence-electron chi connectivity index (χ4n) is 2.65. The lowest BCUT2D eigenvalue weighted by molar-refractivity contribution is -0.148. The first-order chi connectivity index (χ1) is 16.1. The quantitative estimate of drug-likeness (QED) is 0.192. The van der Waals surface area contributed by atoms with Crippen molar-refractivity contribution < 1.29 is 39.5 Å². The van der Waals surface area contributed by atoms with E-state index in [0.717, 1.165) is 11.1 Å². The van der Waals surface area contributed by atoms with E-state index in [9.17, 15) is 9.59 Å². The minimum absolute atomic E-state index is 0. The summed E-state index contributed by atoms with van der Waals surface area (Å²) in [6, 6.07) is 8.05. The van der Waals surface area contributed by atoms with Crippen LogP contribution in [0.5, 0.6) is 0 Å². The van der Waals surface area contributed by atoms with Gasteiger partial charge in [-0.3, -0.25) is 9.69 Å². The van der Waals surface area contributed by atoms with Crippen molar-refractivity contribution in [2.45, 2.75) is 26.4 Å². The first kappa shape index (κ1) is 30.6. The van der Waals surface area contributed by atoms with Crippen LogP contribution in [0.15, 0.2) is 24.3 Å². The molecule has 1 aromatic carbocycles. The largest absolute Gasteiger partial charge is 0.463 e. The zero-order chi connectivity index (χ0) is 24.7. The zero-order valence-electron chi connectivity index (χ0n) is 20.0. The maximum atomic E-state index is 11.5. The fourth-order valence-corrected chi connectivity index (χ4v) is 2.65. The van der Waals surface area contributed by atoms with E-state index in [1.807, 2.05) is 31.9 Å². The maximum Gasteiger partial charge on any atom is 0.332 e. The highest BCUT2D eigenvalue weighted by atomic mass is 16.7. The van der Waals surface area contributed by atoms with Gasteiger partial charge in [-0.1, -0.05) is 31.2 Å². The van der Waals surface area contributed by atoms with Crippen molar-refractivity contribution in [2.24, 2.45) is 0 Å². The predicted molar refractivity (Wildman–Crippen MR) is 125 cm³/mol. The summed E-state index contributed by atoms with van der Waals surface area (Å²) >= 11 is 0. The Hall–Kier alpha value is -2.37. The minimum atomic E-state index is -0.390. The van der Waals surface area contributed by atoms with Crippen molar-refractivity contribution in [1.82, 2.24) is 10.2 Å². The molecule has 0 aliphatic rings. The minimum Gasteiger partial charge on any atom is -0.463 e. The highest BCUT2D eigenvalue weighted by molar-refractivity contribution is 5.75. The second-order valence-corrected chi connectivity index (χ2v) is 6.81. The first-order valence-corrected chi connectivity index (χ1v) is 10.7. The van der Waals surface area contributed by atoms with Gasteiger partial charge in [-0.05, 0) is 11.1 Å². The van der Waals surface area contributed by atoms with Crippen LogP contribution in [0, 0.1) is 0 Å². The zero-order valence-corrected chi connectivity index (χ0v) is 20.0. The number of carbonyl (C=O) groups is 3. The molecule has 0 saturated heterocycles. The lowest BCUT2D eigenvalue weighted by atomic mass is 10.1. The normalized spacial score (nSPS) is 10.4. The van der Waals surface area contributed by atoms with Crippen LogP contribution in [0.3, 0.4) is 0 Å². The topological polar surface area (TPSA) is 113 Å². The summed E-state index contributed by atoms with van der Waals surface area (Å²) in [5.74, 6) is -0.367. The third-order valence-electron chi connectivity index (χ3n) is 4.29. The van der Waals surface area contributed by atoms with Crippen molar-refractivity contribution in [3.05, 3.63) is 35.4 Å². The molecule has 0 fully saturated rings. The van der Waals surface area contributed by atoms with E-state index in [1.54, 1.807) is 7.11 Å². The van der Waals surface area contributed by atoms with Gasteiger partial charge < -0.3 is 33.8 Å². The molecule has 1 rings (SSSR count). The molecule has 1 amide bonds. The molecule has 0 radical (unpaired) electrons. The molecule has 0 atom stereocenters. The molecule has 0 bridgehead atoms. The molecule has 0 saturated carbocycles. The van der Waals surface area contributed by atoms with Crippen molar-refractivity contribution in [2.75, 3.05) is 67.1 Å². The van der Waals surface area contributed by atoms with E-state index in [2.05, 4.69) is 16.3 Å². The van der Waals surface area contributed by atoms with Crippen molar-refractivity contribution in [3.8, 4) is 0 Å². The first-order valence-electron chi connectivity index (χ1n) is 10.7. The van der Waals surface area contributed by atoms with E-state index >= 15 is 0 Å². The lowest BCUT2D eigenvalue weighted by Crippen LogP contribution is -2.32. The van der Waals surface area contributed by atoms with Crippen LogP contribution in [0.4, 0.5) is 0 Å². The number of methoxy groups -OCH3 is 2. The number of esters is 1. The predicted octanol–water partition coefficient (Wildman–Crippen LogP) is 1.40. The van der Waals surface area contributed by atoms with E-state index in [1.165, 1.54) is 7.11 Å². The molecule has 0 aliphatic heterocycles. The summed E-state index contributed by atoms with van der Waals surface area (Å²) in [5.41, 5.74) is 2.14. The molecular weight excluding hydrogens is 432 g/mol. The van der Waals surface area contributed by atoms with Crippen LogP contribution in [0.25, 0.3) is 0 Å². The molecule has 33 heavy (non-hydrogen) atoms. The SMILES string of the molecule is C=O.CCC(=O)NCc1cccc(CN(CCOCOCCOC)CCOC(=O)COC)c1.[HH]. The summed E-state index contributed by atoms with van der Waals surface area (Å²) in [5, 5.41) is 2.89. The van der Waals surface area contributed by atoms with Gasteiger partial charge in [0.25, 0.3) is 0 Å². The summed E-state index contributed by atoms with van der Waals surface area (Å²) in [6.45, 7) is 8.07. The Morgan fingerprint density at radius 1 is 1.00 bits per heavy atom. The van der Waals surface area contributed by atoms with Crippen molar-refractivity contribution in [1.29, 1.82) is 0 Å². The Balaban J connectivity index is 0. The van der Waals surface area contributed by atoms with Gasteiger partial charge >= 0.3 is 5.97 Å². The van der Waals surface area contributed by atoms with Gasteiger partial charge in [-0.2, -0.15) is 0 Å². The van der Waals surface area contributed by atoms with E-state index in [-0.39, 0.29) is 33.3 Å². The second-order valence-electron chi connectivity index (χ2n) is 6.81. The van der Waals surface area contributed by atoms with Crippen LogP contribution >= 0.6 is 0 Å². The molecule has 0 aromatic heterocycles. The number of hydrogen-bond acceptors (Lipinski definition) is 9. The molecule has 10 heteroatoms. The van der Waals surface area contributed by atoms with Crippen LogP contribution in [-0.4, -0.2) is 90.7 Å². The highest BCUT2D eigenvalue weighted by Crippen LogP contribution is 2.09. The fraction of sp³-hybridized carbons (Fsp3) is 0.609. The number of ether oxygens (including phenoxy) is 5. The van der Waals surface area contributed by atoms with Crippen LogP contribution in [0.1, 0.15) is 25.9 Å². The summed E-state index contributed by atoms with van der Waals surface area (Å²) in [6.07, 6.45) is 0.463. The average molecular weight is 473 g/mol. The molecule has 0 aliphatic carbocycles. The summed E-state index contributed by atoms with van der Waals surface area (Å²) in [7, 11) is 3.07. The molecule has 190 valence electrons. The number of benzene rings is 1. The van der Waals surface area contributed by atoms with Crippen molar-refractivity contribution in [3.63, 3.8) is 0 Å². The third kappa shape index (κ3) is 16.9. The number of nitrogens with zero attached hydrogens (tertiary/aromatic N) is 1. The van der Waals surface area contributed by atoms with Crippen LogP contribution in [0.2, 0.25) is 0 Å². The molecule has 0 unspecified atom stereocenters.